The molecule has 1 aromatic carbocycles. The first-order valence-electron chi connectivity index (χ1n) is 6.73. The quantitative estimate of drug-likeness (QED) is 0.665. The number of ether oxygens (including phenoxy) is 1. The molecule has 112 valence electrons. The Kier molecular flexibility index (Phi) is 4.66. The fourth-order valence-electron chi connectivity index (χ4n) is 2.72. The van der Waals surface area contributed by atoms with Gasteiger partial charge in [-0.1, -0.05) is 18.0 Å². The number of halogens is 1. The van der Waals surface area contributed by atoms with Crippen molar-refractivity contribution in [3.63, 3.8) is 0 Å². The van der Waals surface area contributed by atoms with Crippen LogP contribution in [-0.4, -0.2) is 17.1 Å². The highest BCUT2D eigenvalue weighted by Crippen LogP contribution is 2.36. The minimum absolute atomic E-state index is 0.0562. The molecule has 1 aromatic rings. The van der Waals surface area contributed by atoms with Gasteiger partial charge in [0.25, 0.3) is 0 Å². The van der Waals surface area contributed by atoms with Gasteiger partial charge in [-0.15, -0.1) is 0 Å². The lowest BCUT2D eigenvalue weighted by Gasteiger charge is -2.23. The zero-order valence-corrected chi connectivity index (χ0v) is 12.2. The van der Waals surface area contributed by atoms with Gasteiger partial charge in [-0.3, -0.25) is 10.1 Å². The van der Waals surface area contributed by atoms with E-state index in [9.17, 15) is 10.1 Å². The summed E-state index contributed by atoms with van der Waals surface area (Å²) in [6, 6.07) is 6.36. The zero-order valence-electron chi connectivity index (χ0n) is 11.4. The number of nitrogens with two attached hydrogens (primary N) is 1. The molecule has 0 heterocycles. The van der Waals surface area contributed by atoms with Gasteiger partial charge in [0.05, 0.1) is 17.6 Å². The summed E-state index contributed by atoms with van der Waals surface area (Å²) in [5.74, 6) is 0.200. The number of hydrogen-bond acceptors (Lipinski definition) is 5. The second-order valence-electron chi connectivity index (χ2n) is 5.25. The maximum atomic E-state index is 10.9. The van der Waals surface area contributed by atoms with Crippen LogP contribution in [0.1, 0.15) is 25.7 Å². The average Bonchev–Trinajstić information content (AvgIpc) is 2.81. The topological polar surface area (TPSA) is 102 Å². The molecule has 21 heavy (non-hydrogen) atoms. The highest BCUT2D eigenvalue weighted by Gasteiger charge is 2.39. The van der Waals surface area contributed by atoms with Gasteiger partial charge in [0.2, 0.25) is 0 Å². The summed E-state index contributed by atoms with van der Waals surface area (Å²) in [6.07, 6.45) is 3.08. The van der Waals surface area contributed by atoms with Gasteiger partial charge in [0, 0.05) is 17.2 Å². The van der Waals surface area contributed by atoms with Gasteiger partial charge in [-0.25, -0.2) is 0 Å². The van der Waals surface area contributed by atoms with Crippen LogP contribution < -0.4 is 10.5 Å². The largest absolute Gasteiger partial charge is 0.487 e. The minimum Gasteiger partial charge on any atom is -0.487 e. The summed E-state index contributed by atoms with van der Waals surface area (Å²) in [5.41, 5.74) is 5.12. The van der Waals surface area contributed by atoms with Crippen molar-refractivity contribution in [2.45, 2.75) is 31.2 Å². The van der Waals surface area contributed by atoms with Crippen LogP contribution in [0.2, 0.25) is 5.02 Å². The molecule has 2 atom stereocenters. The molecular weight excluding hydrogens is 294 g/mol. The maximum Gasteiger partial charge on any atom is 0.311 e. The maximum absolute atomic E-state index is 10.9. The van der Waals surface area contributed by atoms with Gasteiger partial charge in [0.1, 0.15) is 5.54 Å². The van der Waals surface area contributed by atoms with E-state index in [1.807, 2.05) is 0 Å². The van der Waals surface area contributed by atoms with Crippen molar-refractivity contribution in [1.29, 1.82) is 5.26 Å². The number of nitrogens with zero attached hydrogens (tertiary/aromatic N) is 2. The second kappa shape index (κ2) is 6.29. The Morgan fingerprint density at radius 3 is 3.05 bits per heavy atom. The number of nitro benzene ring substituents is 1. The first kappa shape index (κ1) is 15.5. The van der Waals surface area contributed by atoms with E-state index >= 15 is 0 Å². The molecule has 1 saturated carbocycles. The van der Waals surface area contributed by atoms with Crippen molar-refractivity contribution in [1.82, 2.24) is 0 Å². The summed E-state index contributed by atoms with van der Waals surface area (Å²) in [6.45, 7) is 0.270. The lowest BCUT2D eigenvalue weighted by Crippen LogP contribution is -2.42. The summed E-state index contributed by atoms with van der Waals surface area (Å²) >= 11 is 5.83. The minimum atomic E-state index is -0.802. The van der Waals surface area contributed by atoms with E-state index in [0.29, 0.717) is 17.9 Å². The summed E-state index contributed by atoms with van der Waals surface area (Å²) < 4.78 is 5.49. The van der Waals surface area contributed by atoms with E-state index in [0.717, 1.165) is 12.8 Å². The normalized spacial score (nSPS) is 24.5. The molecule has 6 nitrogen and oxygen atoms in total. The van der Waals surface area contributed by atoms with Crippen molar-refractivity contribution < 1.29 is 9.66 Å². The molecule has 0 bridgehead atoms. The zero-order chi connectivity index (χ0) is 15.5. The fraction of sp³-hybridized carbons (Fsp3) is 0.500. The Labute approximate surface area is 127 Å². The third-order valence-corrected chi connectivity index (χ3v) is 4.16. The SMILES string of the molecule is N#CC1(N)CCCC1CCOc1cc(Cl)ccc1[N+](=O)[O-]. The Hall–Kier alpha value is -1.84. The Balaban J connectivity index is 2.00. The van der Waals surface area contributed by atoms with Crippen molar-refractivity contribution in [2.75, 3.05) is 6.61 Å². The van der Waals surface area contributed by atoms with Crippen molar-refractivity contribution in [3.05, 3.63) is 33.3 Å². The van der Waals surface area contributed by atoms with Crippen LogP contribution in [-0.2, 0) is 0 Å². The van der Waals surface area contributed by atoms with E-state index in [1.54, 1.807) is 0 Å². The first-order valence-corrected chi connectivity index (χ1v) is 7.11. The molecule has 0 aliphatic heterocycles. The van der Waals surface area contributed by atoms with Crippen LogP contribution in [0.5, 0.6) is 5.75 Å². The molecule has 1 fully saturated rings. The van der Waals surface area contributed by atoms with E-state index in [2.05, 4.69) is 6.07 Å². The highest BCUT2D eigenvalue weighted by atomic mass is 35.5. The third kappa shape index (κ3) is 3.43. The van der Waals surface area contributed by atoms with Gasteiger partial charge in [-0.2, -0.15) is 5.26 Å². The van der Waals surface area contributed by atoms with Crippen LogP contribution >= 0.6 is 11.6 Å². The van der Waals surface area contributed by atoms with Crippen LogP contribution in [0, 0.1) is 27.4 Å². The molecule has 1 aliphatic rings. The molecule has 0 saturated heterocycles. The predicted molar refractivity (Wildman–Crippen MR) is 78.1 cm³/mol. The van der Waals surface area contributed by atoms with Gasteiger partial charge in [0.15, 0.2) is 5.75 Å². The van der Waals surface area contributed by atoms with E-state index in [-0.39, 0.29) is 24.0 Å². The van der Waals surface area contributed by atoms with Crippen molar-refractivity contribution in [2.24, 2.45) is 11.7 Å². The molecular formula is C14H16ClN3O3. The van der Waals surface area contributed by atoms with E-state index in [4.69, 9.17) is 27.3 Å². The van der Waals surface area contributed by atoms with Crippen LogP contribution in [0.15, 0.2) is 18.2 Å². The number of benzene rings is 1. The van der Waals surface area contributed by atoms with E-state index in [1.165, 1.54) is 18.2 Å². The molecule has 0 amide bonds. The van der Waals surface area contributed by atoms with Crippen molar-refractivity contribution >= 4 is 17.3 Å². The van der Waals surface area contributed by atoms with Crippen LogP contribution in [0.3, 0.4) is 0 Å². The van der Waals surface area contributed by atoms with Gasteiger partial charge < -0.3 is 10.5 Å². The molecule has 2 N–H and O–H groups in total. The number of nitriles is 1. The molecule has 1 aliphatic carbocycles. The average molecular weight is 310 g/mol. The van der Waals surface area contributed by atoms with E-state index < -0.39 is 10.5 Å². The third-order valence-electron chi connectivity index (χ3n) is 3.92. The van der Waals surface area contributed by atoms with Crippen LogP contribution in [0.25, 0.3) is 0 Å². The molecule has 7 heteroatoms. The second-order valence-corrected chi connectivity index (χ2v) is 5.68. The molecule has 2 rings (SSSR count). The first-order chi connectivity index (χ1) is 9.96. The Morgan fingerprint density at radius 1 is 1.62 bits per heavy atom. The van der Waals surface area contributed by atoms with Gasteiger partial charge >= 0.3 is 5.69 Å². The van der Waals surface area contributed by atoms with Gasteiger partial charge in [-0.05, 0) is 31.2 Å². The van der Waals surface area contributed by atoms with Crippen LogP contribution in [0.4, 0.5) is 5.69 Å². The summed E-state index contributed by atoms with van der Waals surface area (Å²) in [4.78, 5) is 10.4. The molecule has 2 unspecified atom stereocenters. The lowest BCUT2D eigenvalue weighted by molar-refractivity contribution is -0.385. The van der Waals surface area contributed by atoms with Crippen molar-refractivity contribution in [3.8, 4) is 11.8 Å². The lowest BCUT2D eigenvalue weighted by atomic mass is 9.87. The number of rotatable bonds is 5. The number of hydrogen-bond donors (Lipinski definition) is 1. The molecule has 0 aromatic heterocycles. The standard InChI is InChI=1S/C14H16ClN3O3/c15-11-3-4-12(18(19)20)13(8-11)21-7-5-10-2-1-6-14(10,17)9-16/h3-4,8,10H,1-2,5-7,17H2. The Morgan fingerprint density at radius 2 is 2.38 bits per heavy atom. The number of nitro groups is 1. The smallest absolute Gasteiger partial charge is 0.311 e. The highest BCUT2D eigenvalue weighted by molar-refractivity contribution is 6.30. The summed E-state index contributed by atoms with van der Waals surface area (Å²) in [7, 11) is 0. The summed E-state index contributed by atoms with van der Waals surface area (Å²) in [5, 5.41) is 20.4. The Bertz CT molecular complexity index is 587. The predicted octanol–water partition coefficient (Wildman–Crippen LogP) is 3.04. The molecule has 0 spiro atoms. The molecule has 0 radical (unpaired) electrons. The monoisotopic (exact) mass is 309 g/mol. The fourth-order valence-corrected chi connectivity index (χ4v) is 2.88.